The molecule has 1 aromatic heterocycles. The predicted octanol–water partition coefficient (Wildman–Crippen LogP) is 2.69. The van der Waals surface area contributed by atoms with Crippen molar-refractivity contribution in [2.24, 2.45) is 5.92 Å². The van der Waals surface area contributed by atoms with Crippen LogP contribution in [-0.2, 0) is 0 Å². The van der Waals surface area contributed by atoms with Crippen LogP contribution in [-0.4, -0.2) is 32.5 Å². The lowest BCUT2D eigenvalue weighted by atomic mass is 10.2. The minimum atomic E-state index is 0.233. The van der Waals surface area contributed by atoms with E-state index < -0.39 is 0 Å². The summed E-state index contributed by atoms with van der Waals surface area (Å²) < 4.78 is 1.79. The molecule has 0 amide bonds. The fourth-order valence-electron chi connectivity index (χ4n) is 1.62. The van der Waals surface area contributed by atoms with Crippen LogP contribution in [0.4, 0.5) is 0 Å². The van der Waals surface area contributed by atoms with Crippen molar-refractivity contribution in [2.45, 2.75) is 19.1 Å². The van der Waals surface area contributed by atoms with Gasteiger partial charge in [0.05, 0.1) is 17.6 Å². The van der Waals surface area contributed by atoms with E-state index >= 15 is 0 Å². The second kappa shape index (κ2) is 6.73. The SMILES string of the molecule is CC(CO)CSC(C)c1cn(-c2ccccc2)nn1. The molecule has 0 aliphatic rings. The van der Waals surface area contributed by atoms with E-state index in [0.717, 1.165) is 17.1 Å². The number of aromatic nitrogens is 3. The van der Waals surface area contributed by atoms with Crippen LogP contribution in [0.15, 0.2) is 36.5 Å². The van der Waals surface area contributed by atoms with Crippen molar-refractivity contribution in [1.82, 2.24) is 15.0 Å². The molecule has 0 spiro atoms. The summed E-state index contributed by atoms with van der Waals surface area (Å²) in [7, 11) is 0. The van der Waals surface area contributed by atoms with Gasteiger partial charge in [-0.25, -0.2) is 4.68 Å². The molecule has 0 aliphatic heterocycles. The first-order valence-corrected chi connectivity index (χ1v) is 7.45. The number of hydrogen-bond acceptors (Lipinski definition) is 4. The number of aliphatic hydroxyl groups is 1. The number of aliphatic hydroxyl groups excluding tert-OH is 1. The largest absolute Gasteiger partial charge is 0.396 e. The van der Waals surface area contributed by atoms with E-state index in [-0.39, 0.29) is 11.9 Å². The van der Waals surface area contributed by atoms with Gasteiger partial charge in [-0.2, -0.15) is 11.8 Å². The Labute approximate surface area is 117 Å². The smallest absolute Gasteiger partial charge is 0.0958 e. The van der Waals surface area contributed by atoms with Gasteiger partial charge in [0, 0.05) is 11.9 Å². The van der Waals surface area contributed by atoms with E-state index in [1.54, 1.807) is 16.4 Å². The molecule has 102 valence electrons. The quantitative estimate of drug-likeness (QED) is 0.882. The van der Waals surface area contributed by atoms with Gasteiger partial charge in [-0.15, -0.1) is 5.10 Å². The lowest BCUT2D eigenvalue weighted by molar-refractivity contribution is 0.250. The first-order valence-electron chi connectivity index (χ1n) is 6.41. The number of hydrogen-bond donors (Lipinski definition) is 1. The molecule has 2 atom stereocenters. The molecule has 19 heavy (non-hydrogen) atoms. The molecule has 2 aromatic rings. The van der Waals surface area contributed by atoms with Gasteiger partial charge >= 0.3 is 0 Å². The standard InChI is InChI=1S/C14H19N3OS/c1-11(9-18)10-19-12(2)14-8-17(16-15-14)13-6-4-3-5-7-13/h3-8,11-12,18H,9-10H2,1-2H3. The normalized spacial score (nSPS) is 14.3. The third-order valence-electron chi connectivity index (χ3n) is 2.89. The molecule has 1 N–H and O–H groups in total. The molecule has 1 aromatic carbocycles. The van der Waals surface area contributed by atoms with Crippen LogP contribution in [0.1, 0.15) is 24.8 Å². The minimum Gasteiger partial charge on any atom is -0.396 e. The van der Waals surface area contributed by atoms with Gasteiger partial charge in [-0.1, -0.05) is 30.3 Å². The highest BCUT2D eigenvalue weighted by atomic mass is 32.2. The maximum absolute atomic E-state index is 9.03. The van der Waals surface area contributed by atoms with Crippen LogP contribution < -0.4 is 0 Å². The average Bonchev–Trinajstić information content (AvgIpc) is 2.95. The zero-order chi connectivity index (χ0) is 13.7. The number of thioether (sulfide) groups is 1. The highest BCUT2D eigenvalue weighted by Gasteiger charge is 2.12. The van der Waals surface area contributed by atoms with Crippen LogP contribution in [0, 0.1) is 5.92 Å². The first-order chi connectivity index (χ1) is 9.20. The van der Waals surface area contributed by atoms with Crippen molar-refractivity contribution in [2.75, 3.05) is 12.4 Å². The van der Waals surface area contributed by atoms with Crippen molar-refractivity contribution < 1.29 is 5.11 Å². The maximum atomic E-state index is 9.03. The van der Waals surface area contributed by atoms with Crippen molar-refractivity contribution >= 4 is 11.8 Å². The highest BCUT2D eigenvalue weighted by molar-refractivity contribution is 7.99. The number of nitrogens with zero attached hydrogens (tertiary/aromatic N) is 3. The molecule has 2 unspecified atom stereocenters. The molecule has 5 heteroatoms. The molecular formula is C14H19N3OS. The Balaban J connectivity index is 2.01. The van der Waals surface area contributed by atoms with Gasteiger partial charge in [0.2, 0.25) is 0 Å². The van der Waals surface area contributed by atoms with Crippen LogP contribution >= 0.6 is 11.8 Å². The van der Waals surface area contributed by atoms with E-state index in [9.17, 15) is 0 Å². The third-order valence-corrected chi connectivity index (χ3v) is 4.39. The Morgan fingerprint density at radius 3 is 2.68 bits per heavy atom. The lowest BCUT2D eigenvalue weighted by Gasteiger charge is -2.11. The lowest BCUT2D eigenvalue weighted by Crippen LogP contribution is -2.04. The minimum absolute atomic E-state index is 0.233. The maximum Gasteiger partial charge on any atom is 0.0958 e. The fraction of sp³-hybridized carbons (Fsp3) is 0.429. The van der Waals surface area contributed by atoms with Crippen LogP contribution in [0.5, 0.6) is 0 Å². The van der Waals surface area contributed by atoms with E-state index in [0.29, 0.717) is 5.92 Å². The monoisotopic (exact) mass is 277 g/mol. The third kappa shape index (κ3) is 3.81. The molecule has 4 nitrogen and oxygen atoms in total. The second-order valence-corrected chi connectivity index (χ2v) is 6.06. The Bertz CT molecular complexity index is 500. The van der Waals surface area contributed by atoms with Gasteiger partial charge < -0.3 is 5.11 Å². The number of benzene rings is 1. The van der Waals surface area contributed by atoms with E-state index in [2.05, 4.69) is 17.2 Å². The molecule has 0 bridgehead atoms. The summed E-state index contributed by atoms with van der Waals surface area (Å²) in [6.07, 6.45) is 1.97. The molecule has 0 radical (unpaired) electrons. The molecule has 0 aliphatic carbocycles. The zero-order valence-electron chi connectivity index (χ0n) is 11.2. The molecule has 0 saturated heterocycles. The van der Waals surface area contributed by atoms with Gasteiger partial charge in [-0.05, 0) is 30.7 Å². The fourth-order valence-corrected chi connectivity index (χ4v) is 2.62. The number of rotatable bonds is 6. The topological polar surface area (TPSA) is 50.9 Å². The van der Waals surface area contributed by atoms with Gasteiger partial charge in [0.25, 0.3) is 0 Å². The molecule has 2 rings (SSSR count). The van der Waals surface area contributed by atoms with Crippen molar-refractivity contribution in [3.8, 4) is 5.69 Å². The van der Waals surface area contributed by atoms with E-state index in [4.69, 9.17) is 5.11 Å². The Kier molecular flexibility index (Phi) is 4.99. The van der Waals surface area contributed by atoms with Gasteiger partial charge in [0.1, 0.15) is 0 Å². The molecule has 0 saturated carbocycles. The molecular weight excluding hydrogens is 258 g/mol. The van der Waals surface area contributed by atoms with Crippen molar-refractivity contribution in [3.05, 3.63) is 42.2 Å². The van der Waals surface area contributed by atoms with Gasteiger partial charge in [-0.3, -0.25) is 0 Å². The summed E-state index contributed by atoms with van der Waals surface area (Å²) in [5, 5.41) is 17.7. The zero-order valence-corrected chi connectivity index (χ0v) is 12.0. The van der Waals surface area contributed by atoms with Crippen LogP contribution in [0.2, 0.25) is 0 Å². The molecule has 1 heterocycles. The Morgan fingerprint density at radius 1 is 1.26 bits per heavy atom. The van der Waals surface area contributed by atoms with Crippen molar-refractivity contribution in [3.63, 3.8) is 0 Å². The first kappa shape index (κ1) is 14.1. The summed E-state index contributed by atoms with van der Waals surface area (Å²) >= 11 is 1.79. The van der Waals surface area contributed by atoms with Crippen LogP contribution in [0.3, 0.4) is 0 Å². The van der Waals surface area contributed by atoms with E-state index in [1.165, 1.54) is 0 Å². The summed E-state index contributed by atoms with van der Waals surface area (Å²) in [6.45, 7) is 4.39. The number of para-hydroxylation sites is 1. The summed E-state index contributed by atoms with van der Waals surface area (Å²) in [5.41, 5.74) is 1.99. The molecule has 0 fully saturated rings. The summed E-state index contributed by atoms with van der Waals surface area (Å²) in [4.78, 5) is 0. The summed E-state index contributed by atoms with van der Waals surface area (Å²) in [5.74, 6) is 1.24. The summed E-state index contributed by atoms with van der Waals surface area (Å²) in [6, 6.07) is 9.96. The second-order valence-electron chi connectivity index (χ2n) is 4.69. The Hall–Kier alpha value is -1.33. The average molecular weight is 277 g/mol. The predicted molar refractivity (Wildman–Crippen MR) is 78.5 cm³/mol. The van der Waals surface area contributed by atoms with Crippen LogP contribution in [0.25, 0.3) is 5.69 Å². The van der Waals surface area contributed by atoms with Gasteiger partial charge in [0.15, 0.2) is 0 Å². The Morgan fingerprint density at radius 2 is 2.00 bits per heavy atom. The van der Waals surface area contributed by atoms with E-state index in [1.807, 2.05) is 43.5 Å². The highest BCUT2D eigenvalue weighted by Crippen LogP contribution is 2.28. The van der Waals surface area contributed by atoms with Crippen molar-refractivity contribution in [1.29, 1.82) is 0 Å².